The lowest BCUT2D eigenvalue weighted by Gasteiger charge is -2.03. The van der Waals surface area contributed by atoms with Gasteiger partial charge in [0.25, 0.3) is 0 Å². The van der Waals surface area contributed by atoms with Crippen LogP contribution in [0.25, 0.3) is 0 Å². The minimum Gasteiger partial charge on any atom is -0.461 e. The van der Waals surface area contributed by atoms with Crippen LogP contribution in [0.4, 0.5) is 4.39 Å². The number of carbonyl (C=O) groups excluding carboxylic acids is 1. The number of ether oxygens (including phenoxy) is 2. The van der Waals surface area contributed by atoms with Crippen LogP contribution in [0.2, 0.25) is 0 Å². The number of unbranched alkanes of at least 4 members (excludes halogenated alkanes) is 1. The molecule has 0 N–H and O–H groups in total. The summed E-state index contributed by atoms with van der Waals surface area (Å²) in [5, 5.41) is 0. The molecule has 0 aromatic carbocycles. The number of rotatable bonds is 7. The third-order valence-electron chi connectivity index (χ3n) is 1.24. The zero-order valence-corrected chi connectivity index (χ0v) is 7.35. The van der Waals surface area contributed by atoms with Crippen molar-refractivity contribution in [1.29, 1.82) is 0 Å². The number of halogens is 1. The second-order valence-corrected chi connectivity index (χ2v) is 2.32. The predicted molar refractivity (Wildman–Crippen MR) is 42.7 cm³/mol. The summed E-state index contributed by atoms with van der Waals surface area (Å²) in [6.45, 7) is 2.17. The largest absolute Gasteiger partial charge is 0.461 e. The zero-order chi connectivity index (χ0) is 9.23. The Balaban J connectivity index is 2.95. The highest BCUT2D eigenvalue weighted by molar-refractivity contribution is 5.70. The number of esters is 1. The normalized spacial score (nSPS) is 9.83. The molecule has 0 radical (unpaired) electrons. The van der Waals surface area contributed by atoms with Gasteiger partial charge in [0.2, 0.25) is 0 Å². The smallest absolute Gasteiger partial charge is 0.337 e. The topological polar surface area (TPSA) is 35.5 Å². The number of carbonyl (C=O) groups is 1. The molecule has 0 heterocycles. The molecule has 0 aliphatic heterocycles. The Bertz CT molecular complexity index is 117. The van der Waals surface area contributed by atoms with E-state index in [4.69, 9.17) is 4.74 Å². The zero-order valence-electron chi connectivity index (χ0n) is 7.35. The Morgan fingerprint density at radius 1 is 1.33 bits per heavy atom. The van der Waals surface area contributed by atoms with Crippen LogP contribution in [0.5, 0.6) is 0 Å². The SMILES string of the molecule is CCCCOCCOC(=O)CF. The van der Waals surface area contributed by atoms with E-state index in [9.17, 15) is 9.18 Å². The van der Waals surface area contributed by atoms with Crippen LogP contribution >= 0.6 is 0 Å². The molecule has 0 saturated heterocycles. The van der Waals surface area contributed by atoms with E-state index in [0.717, 1.165) is 12.8 Å². The van der Waals surface area contributed by atoms with E-state index in [1.165, 1.54) is 0 Å². The molecule has 0 spiro atoms. The van der Waals surface area contributed by atoms with Crippen molar-refractivity contribution >= 4 is 5.97 Å². The summed E-state index contributed by atoms with van der Waals surface area (Å²) in [6, 6.07) is 0. The van der Waals surface area contributed by atoms with E-state index in [1.807, 2.05) is 0 Å². The Morgan fingerprint density at radius 3 is 2.67 bits per heavy atom. The van der Waals surface area contributed by atoms with Gasteiger partial charge in [-0.2, -0.15) is 0 Å². The molecule has 0 bridgehead atoms. The van der Waals surface area contributed by atoms with Crippen molar-refractivity contribution in [1.82, 2.24) is 0 Å². The minimum absolute atomic E-state index is 0.145. The second-order valence-electron chi connectivity index (χ2n) is 2.32. The van der Waals surface area contributed by atoms with Crippen molar-refractivity contribution < 1.29 is 18.7 Å². The van der Waals surface area contributed by atoms with E-state index < -0.39 is 12.6 Å². The Morgan fingerprint density at radius 2 is 2.08 bits per heavy atom. The summed E-state index contributed by atoms with van der Waals surface area (Å²) < 4.78 is 21.0. The highest BCUT2D eigenvalue weighted by Crippen LogP contribution is 1.88. The van der Waals surface area contributed by atoms with Gasteiger partial charge in [-0.3, -0.25) is 0 Å². The van der Waals surface area contributed by atoms with Gasteiger partial charge in [-0.1, -0.05) is 13.3 Å². The fourth-order valence-electron chi connectivity index (χ4n) is 0.601. The van der Waals surface area contributed by atoms with Crippen LogP contribution in [-0.2, 0) is 14.3 Å². The number of alkyl halides is 1. The lowest BCUT2D eigenvalue weighted by atomic mass is 10.4. The fraction of sp³-hybridized carbons (Fsp3) is 0.875. The molecule has 12 heavy (non-hydrogen) atoms. The van der Waals surface area contributed by atoms with E-state index in [1.54, 1.807) is 0 Å². The number of hydrogen-bond acceptors (Lipinski definition) is 3. The fourth-order valence-corrected chi connectivity index (χ4v) is 0.601. The molecule has 0 saturated carbocycles. The maximum atomic E-state index is 11.5. The van der Waals surface area contributed by atoms with Gasteiger partial charge in [-0.05, 0) is 6.42 Å². The first-order valence-corrected chi connectivity index (χ1v) is 4.10. The minimum atomic E-state index is -1.06. The van der Waals surface area contributed by atoms with Crippen molar-refractivity contribution in [2.24, 2.45) is 0 Å². The van der Waals surface area contributed by atoms with Gasteiger partial charge in [-0.15, -0.1) is 0 Å². The van der Waals surface area contributed by atoms with E-state index in [-0.39, 0.29) is 6.61 Å². The molecule has 0 aliphatic carbocycles. The summed E-state index contributed by atoms with van der Waals surface area (Å²) in [5.74, 6) is -0.825. The monoisotopic (exact) mass is 178 g/mol. The Kier molecular flexibility index (Phi) is 8.01. The molecule has 0 aromatic rings. The number of hydrogen-bond donors (Lipinski definition) is 0. The third-order valence-corrected chi connectivity index (χ3v) is 1.24. The highest BCUT2D eigenvalue weighted by Gasteiger charge is 1.98. The molecular formula is C8H15FO3. The van der Waals surface area contributed by atoms with Crippen molar-refractivity contribution in [3.05, 3.63) is 0 Å². The lowest BCUT2D eigenvalue weighted by molar-refractivity contribution is -0.146. The van der Waals surface area contributed by atoms with Crippen LogP contribution in [0.1, 0.15) is 19.8 Å². The van der Waals surface area contributed by atoms with Gasteiger partial charge in [0.05, 0.1) is 6.61 Å². The van der Waals surface area contributed by atoms with Crippen LogP contribution in [0.3, 0.4) is 0 Å². The van der Waals surface area contributed by atoms with Crippen molar-refractivity contribution in [2.75, 3.05) is 26.5 Å². The average Bonchev–Trinajstić information content (AvgIpc) is 2.10. The molecule has 0 atom stereocenters. The summed E-state index contributed by atoms with van der Waals surface area (Å²) in [5.41, 5.74) is 0. The van der Waals surface area contributed by atoms with Gasteiger partial charge in [-0.25, -0.2) is 9.18 Å². The highest BCUT2D eigenvalue weighted by atomic mass is 19.1. The molecule has 0 aromatic heterocycles. The predicted octanol–water partition coefficient (Wildman–Crippen LogP) is 1.32. The standard InChI is InChI=1S/C8H15FO3/c1-2-3-4-11-5-6-12-8(10)7-9/h2-7H2,1H3. The summed E-state index contributed by atoms with van der Waals surface area (Å²) in [4.78, 5) is 10.2. The molecule has 0 amide bonds. The molecule has 3 nitrogen and oxygen atoms in total. The summed E-state index contributed by atoms with van der Waals surface area (Å²) >= 11 is 0. The maximum absolute atomic E-state index is 11.5. The van der Waals surface area contributed by atoms with Gasteiger partial charge in [0, 0.05) is 6.61 Å². The molecule has 4 heteroatoms. The molecule has 0 fully saturated rings. The quantitative estimate of drug-likeness (QED) is 0.435. The van der Waals surface area contributed by atoms with Crippen LogP contribution in [0, 0.1) is 0 Å². The molecule has 72 valence electrons. The second kappa shape index (κ2) is 8.46. The summed E-state index contributed by atoms with van der Waals surface area (Å²) in [7, 11) is 0. The van der Waals surface area contributed by atoms with Gasteiger partial charge >= 0.3 is 5.97 Å². The first kappa shape index (κ1) is 11.4. The third kappa shape index (κ3) is 7.47. The van der Waals surface area contributed by atoms with Gasteiger partial charge in [0.15, 0.2) is 6.67 Å². The first-order valence-electron chi connectivity index (χ1n) is 4.10. The molecule has 0 unspecified atom stereocenters. The average molecular weight is 178 g/mol. The van der Waals surface area contributed by atoms with Gasteiger partial charge in [0.1, 0.15) is 6.61 Å². The lowest BCUT2D eigenvalue weighted by Crippen LogP contribution is -2.12. The van der Waals surface area contributed by atoms with Gasteiger partial charge < -0.3 is 9.47 Å². The Labute approximate surface area is 71.8 Å². The molecular weight excluding hydrogens is 163 g/mol. The van der Waals surface area contributed by atoms with Crippen LogP contribution < -0.4 is 0 Å². The van der Waals surface area contributed by atoms with Crippen LogP contribution in [0.15, 0.2) is 0 Å². The van der Waals surface area contributed by atoms with Crippen molar-refractivity contribution in [3.8, 4) is 0 Å². The van der Waals surface area contributed by atoms with Crippen molar-refractivity contribution in [2.45, 2.75) is 19.8 Å². The molecule has 0 aliphatic rings. The van der Waals surface area contributed by atoms with E-state index >= 15 is 0 Å². The molecule has 0 rings (SSSR count). The van der Waals surface area contributed by atoms with Crippen molar-refractivity contribution in [3.63, 3.8) is 0 Å². The van der Waals surface area contributed by atoms with E-state index in [2.05, 4.69) is 11.7 Å². The summed E-state index contributed by atoms with van der Waals surface area (Å²) in [6.07, 6.45) is 2.07. The maximum Gasteiger partial charge on any atom is 0.337 e. The van der Waals surface area contributed by atoms with Crippen LogP contribution in [-0.4, -0.2) is 32.5 Å². The van der Waals surface area contributed by atoms with E-state index in [0.29, 0.717) is 13.2 Å². The first-order chi connectivity index (χ1) is 5.81. The Hall–Kier alpha value is -0.640.